The highest BCUT2D eigenvalue weighted by molar-refractivity contribution is 6.01. The molecule has 0 saturated heterocycles. The predicted octanol–water partition coefficient (Wildman–Crippen LogP) is 4.88. The zero-order chi connectivity index (χ0) is 27.7. The first-order valence-electron chi connectivity index (χ1n) is 12.1. The molecule has 1 amide bonds. The maximum atomic E-state index is 12.4. The van der Waals surface area contributed by atoms with Gasteiger partial charge in [0.2, 0.25) is 11.7 Å². The molecule has 3 aromatic rings. The van der Waals surface area contributed by atoms with Crippen LogP contribution in [0.2, 0.25) is 0 Å². The van der Waals surface area contributed by atoms with Gasteiger partial charge in [0.15, 0.2) is 18.5 Å². The Labute approximate surface area is 221 Å². The third-order valence-electron chi connectivity index (χ3n) is 5.68. The second kappa shape index (κ2) is 13.1. The Morgan fingerprint density at radius 1 is 0.711 bits per heavy atom. The van der Waals surface area contributed by atoms with Gasteiger partial charge in [0.1, 0.15) is 0 Å². The van der Waals surface area contributed by atoms with Crippen LogP contribution in [0.1, 0.15) is 62.0 Å². The molecule has 0 aliphatic carbocycles. The van der Waals surface area contributed by atoms with Crippen LogP contribution in [0.4, 0.5) is 5.69 Å². The number of rotatable bonds is 11. The minimum atomic E-state index is -0.965. The minimum Gasteiger partial charge on any atom is -0.454 e. The third kappa shape index (κ3) is 8.23. The quantitative estimate of drug-likeness (QED) is 0.286. The normalized spacial score (nSPS) is 11.2. The standard InChI is InChI=1S/C30H29NO7/c1-19-4-8-22(9-5-19)26(32)18-37-30(36)24-12-14-25(15-13-24)31-27(33)16-17-28(34)38-21(3)29(35)23-10-6-20(2)7-11-23/h4-15,21H,16-18H2,1-3H3,(H,31,33). The molecule has 8 nitrogen and oxygen atoms in total. The number of carbonyl (C=O) groups excluding carboxylic acids is 5. The Morgan fingerprint density at radius 3 is 1.82 bits per heavy atom. The van der Waals surface area contributed by atoms with Crippen LogP contribution < -0.4 is 5.32 Å². The number of anilines is 1. The summed E-state index contributed by atoms with van der Waals surface area (Å²) in [6.07, 6.45) is -1.31. The van der Waals surface area contributed by atoms with E-state index in [-0.39, 0.29) is 36.6 Å². The van der Waals surface area contributed by atoms with Crippen molar-refractivity contribution in [3.8, 4) is 0 Å². The molecule has 1 atom stereocenters. The Bertz CT molecular complexity index is 1310. The van der Waals surface area contributed by atoms with E-state index in [0.717, 1.165) is 11.1 Å². The van der Waals surface area contributed by atoms with Crippen molar-refractivity contribution in [3.63, 3.8) is 0 Å². The van der Waals surface area contributed by atoms with E-state index in [9.17, 15) is 24.0 Å². The first-order chi connectivity index (χ1) is 18.1. The molecule has 0 aromatic heterocycles. The van der Waals surface area contributed by atoms with Crippen LogP contribution in [-0.4, -0.2) is 42.1 Å². The van der Waals surface area contributed by atoms with E-state index in [1.165, 1.54) is 31.2 Å². The van der Waals surface area contributed by atoms with Crippen molar-refractivity contribution in [3.05, 3.63) is 101 Å². The molecule has 1 unspecified atom stereocenters. The summed E-state index contributed by atoms with van der Waals surface area (Å²) in [6, 6.07) is 19.8. The molecule has 0 spiro atoms. The number of nitrogens with one attached hydrogen (secondary N) is 1. The van der Waals surface area contributed by atoms with E-state index in [4.69, 9.17) is 9.47 Å². The van der Waals surface area contributed by atoms with Crippen LogP contribution in [-0.2, 0) is 19.1 Å². The van der Waals surface area contributed by atoms with Gasteiger partial charge in [-0.05, 0) is 45.0 Å². The van der Waals surface area contributed by atoms with E-state index in [2.05, 4.69) is 5.32 Å². The first kappa shape index (κ1) is 28.0. The molecule has 38 heavy (non-hydrogen) atoms. The van der Waals surface area contributed by atoms with Crippen LogP contribution >= 0.6 is 0 Å². The van der Waals surface area contributed by atoms with Gasteiger partial charge in [-0.25, -0.2) is 4.79 Å². The van der Waals surface area contributed by atoms with Crippen molar-refractivity contribution in [2.75, 3.05) is 11.9 Å². The maximum absolute atomic E-state index is 12.4. The number of esters is 2. The lowest BCUT2D eigenvalue weighted by atomic mass is 10.1. The van der Waals surface area contributed by atoms with Gasteiger partial charge in [-0.1, -0.05) is 59.7 Å². The first-order valence-corrected chi connectivity index (χ1v) is 12.1. The van der Waals surface area contributed by atoms with Gasteiger partial charge in [0, 0.05) is 23.2 Å². The monoisotopic (exact) mass is 515 g/mol. The van der Waals surface area contributed by atoms with Crippen molar-refractivity contribution < 1.29 is 33.4 Å². The number of hydrogen-bond acceptors (Lipinski definition) is 7. The Balaban J connectivity index is 1.41. The molecule has 0 bridgehead atoms. The number of hydrogen-bond donors (Lipinski definition) is 1. The highest BCUT2D eigenvalue weighted by Gasteiger charge is 2.20. The van der Waals surface area contributed by atoms with Crippen LogP contribution in [0.3, 0.4) is 0 Å². The highest BCUT2D eigenvalue weighted by Crippen LogP contribution is 2.13. The number of benzene rings is 3. The third-order valence-corrected chi connectivity index (χ3v) is 5.68. The Morgan fingerprint density at radius 2 is 1.24 bits per heavy atom. The van der Waals surface area contributed by atoms with Gasteiger partial charge in [0.05, 0.1) is 12.0 Å². The van der Waals surface area contributed by atoms with Crippen molar-refractivity contribution in [1.82, 2.24) is 0 Å². The lowest BCUT2D eigenvalue weighted by Gasteiger charge is -2.12. The highest BCUT2D eigenvalue weighted by atomic mass is 16.5. The SMILES string of the molecule is Cc1ccc(C(=O)COC(=O)c2ccc(NC(=O)CCC(=O)OC(C)C(=O)c3ccc(C)cc3)cc2)cc1. The van der Waals surface area contributed by atoms with Crippen molar-refractivity contribution in [1.29, 1.82) is 0 Å². The predicted molar refractivity (Wildman–Crippen MR) is 141 cm³/mol. The van der Waals surface area contributed by atoms with Gasteiger partial charge in [-0.15, -0.1) is 0 Å². The summed E-state index contributed by atoms with van der Waals surface area (Å²) < 4.78 is 10.3. The minimum absolute atomic E-state index is 0.144. The molecule has 0 aliphatic heterocycles. The molecule has 1 N–H and O–H groups in total. The second-order valence-electron chi connectivity index (χ2n) is 8.85. The molecule has 196 valence electrons. The number of ether oxygens (including phenoxy) is 2. The van der Waals surface area contributed by atoms with E-state index < -0.39 is 23.9 Å². The Kier molecular flexibility index (Phi) is 9.65. The van der Waals surface area contributed by atoms with Gasteiger partial charge in [0.25, 0.3) is 0 Å². The van der Waals surface area contributed by atoms with Crippen molar-refractivity contribution in [2.45, 2.75) is 39.7 Å². The van der Waals surface area contributed by atoms with Crippen molar-refractivity contribution in [2.24, 2.45) is 0 Å². The van der Waals surface area contributed by atoms with Gasteiger partial charge >= 0.3 is 11.9 Å². The molecular weight excluding hydrogens is 486 g/mol. The molecule has 3 rings (SSSR count). The van der Waals surface area contributed by atoms with Crippen LogP contribution in [0.5, 0.6) is 0 Å². The summed E-state index contributed by atoms with van der Waals surface area (Å²) in [4.78, 5) is 61.1. The van der Waals surface area contributed by atoms with E-state index in [1.807, 2.05) is 13.8 Å². The molecule has 0 radical (unpaired) electrons. The molecule has 0 saturated carbocycles. The zero-order valence-corrected chi connectivity index (χ0v) is 21.5. The van der Waals surface area contributed by atoms with Gasteiger partial charge in [-0.3, -0.25) is 19.2 Å². The second-order valence-corrected chi connectivity index (χ2v) is 8.85. The van der Waals surface area contributed by atoms with Crippen molar-refractivity contribution >= 4 is 35.1 Å². The number of carbonyl (C=O) groups is 5. The van der Waals surface area contributed by atoms with Gasteiger partial charge < -0.3 is 14.8 Å². The lowest BCUT2D eigenvalue weighted by Crippen LogP contribution is -2.25. The zero-order valence-electron chi connectivity index (χ0n) is 21.5. The van der Waals surface area contributed by atoms with E-state index in [0.29, 0.717) is 16.8 Å². The number of aryl methyl sites for hydroxylation is 2. The molecule has 8 heteroatoms. The van der Waals surface area contributed by atoms with Crippen LogP contribution in [0, 0.1) is 13.8 Å². The summed E-state index contributed by atoms with van der Waals surface area (Å²) in [5.41, 5.74) is 3.56. The number of amides is 1. The molecule has 0 fully saturated rings. The van der Waals surface area contributed by atoms with Crippen LogP contribution in [0.25, 0.3) is 0 Å². The number of Topliss-reactive ketones (excluding diaryl/α,β-unsaturated/α-hetero) is 2. The summed E-state index contributed by atoms with van der Waals surface area (Å²) in [6.45, 7) is 4.92. The molecular formula is C30H29NO7. The smallest absolute Gasteiger partial charge is 0.338 e. The summed E-state index contributed by atoms with van der Waals surface area (Å²) >= 11 is 0. The summed E-state index contributed by atoms with van der Waals surface area (Å²) in [5.74, 6) is -2.39. The fourth-order valence-electron chi connectivity index (χ4n) is 3.43. The van der Waals surface area contributed by atoms with E-state index >= 15 is 0 Å². The van der Waals surface area contributed by atoms with Crippen LogP contribution in [0.15, 0.2) is 72.8 Å². The topological polar surface area (TPSA) is 116 Å². The fraction of sp³-hybridized carbons (Fsp3) is 0.233. The lowest BCUT2D eigenvalue weighted by molar-refractivity contribution is -0.147. The average molecular weight is 516 g/mol. The maximum Gasteiger partial charge on any atom is 0.338 e. The Hall–Kier alpha value is -4.59. The van der Waals surface area contributed by atoms with Gasteiger partial charge in [-0.2, -0.15) is 0 Å². The molecule has 0 aliphatic rings. The fourth-order valence-corrected chi connectivity index (χ4v) is 3.43. The summed E-state index contributed by atoms with van der Waals surface area (Å²) in [5, 5.41) is 2.63. The van der Waals surface area contributed by atoms with E-state index in [1.54, 1.807) is 48.5 Å². The molecule has 0 heterocycles. The number of ketones is 2. The molecule has 3 aromatic carbocycles. The average Bonchev–Trinajstić information content (AvgIpc) is 2.91. The largest absolute Gasteiger partial charge is 0.454 e. The summed E-state index contributed by atoms with van der Waals surface area (Å²) in [7, 11) is 0.